The van der Waals surface area contributed by atoms with Gasteiger partial charge in [-0.2, -0.15) is 0 Å². The Morgan fingerprint density at radius 1 is 1.32 bits per heavy atom. The molecule has 0 saturated carbocycles. The molecule has 1 aliphatic heterocycles. The van der Waals surface area contributed by atoms with Gasteiger partial charge in [-0.05, 0) is 24.6 Å². The van der Waals surface area contributed by atoms with Crippen LogP contribution in [-0.2, 0) is 6.54 Å². The zero-order chi connectivity index (χ0) is 15.5. The number of aromatic nitrogens is 1. The van der Waals surface area contributed by atoms with Crippen molar-refractivity contribution in [1.82, 2.24) is 9.88 Å². The fourth-order valence-corrected chi connectivity index (χ4v) is 3.01. The van der Waals surface area contributed by atoms with Gasteiger partial charge in [0.1, 0.15) is 6.26 Å². The number of hydrogen-bond donors (Lipinski definition) is 0. The molecule has 0 N–H and O–H groups in total. The fraction of sp³-hybridized carbons (Fsp3) is 0.375. The quantitative estimate of drug-likeness (QED) is 0.796. The number of aliphatic imine (C=N–C) groups is 1. The summed E-state index contributed by atoms with van der Waals surface area (Å²) >= 11 is 12.1. The average molecular weight is 338 g/mol. The zero-order valence-corrected chi connectivity index (χ0v) is 13.9. The number of amidine groups is 1. The van der Waals surface area contributed by atoms with Gasteiger partial charge in [0.25, 0.3) is 0 Å². The first-order valence-electron chi connectivity index (χ1n) is 7.35. The number of benzene rings is 1. The van der Waals surface area contributed by atoms with Crippen LogP contribution in [0, 0.1) is 0 Å². The van der Waals surface area contributed by atoms with Gasteiger partial charge in [0.05, 0.1) is 35.2 Å². The standard InChI is InChI=1S/C16H17Cl2N3O/c1-2-3-15-19-6-7-21(15)9-12-10-22-16(20-12)13-5-4-11(17)8-14(13)18/h4-5,8,10H,2-3,6-7,9H2,1H3. The normalized spacial score (nSPS) is 14.5. The Balaban J connectivity index is 1.75. The van der Waals surface area contributed by atoms with E-state index >= 15 is 0 Å². The molecule has 0 fully saturated rings. The molecule has 2 heterocycles. The van der Waals surface area contributed by atoms with Crippen molar-refractivity contribution in [2.75, 3.05) is 13.1 Å². The number of oxazole rings is 1. The van der Waals surface area contributed by atoms with Crippen LogP contribution in [-0.4, -0.2) is 28.8 Å². The number of hydrogen-bond acceptors (Lipinski definition) is 4. The summed E-state index contributed by atoms with van der Waals surface area (Å²) in [6.45, 7) is 4.69. The second-order valence-electron chi connectivity index (χ2n) is 5.24. The molecular formula is C16H17Cl2N3O. The summed E-state index contributed by atoms with van der Waals surface area (Å²) < 4.78 is 5.57. The molecule has 116 valence electrons. The summed E-state index contributed by atoms with van der Waals surface area (Å²) in [5.41, 5.74) is 1.63. The summed E-state index contributed by atoms with van der Waals surface area (Å²) in [6.07, 6.45) is 3.79. The van der Waals surface area contributed by atoms with E-state index in [9.17, 15) is 0 Å². The maximum Gasteiger partial charge on any atom is 0.227 e. The second-order valence-corrected chi connectivity index (χ2v) is 6.08. The molecule has 0 saturated heterocycles. The molecular weight excluding hydrogens is 321 g/mol. The molecule has 4 nitrogen and oxygen atoms in total. The van der Waals surface area contributed by atoms with E-state index in [-0.39, 0.29) is 0 Å². The van der Waals surface area contributed by atoms with Crippen LogP contribution in [0.1, 0.15) is 25.5 Å². The molecule has 0 radical (unpaired) electrons. The fourth-order valence-electron chi connectivity index (χ4n) is 2.52. The Morgan fingerprint density at radius 3 is 2.95 bits per heavy atom. The van der Waals surface area contributed by atoms with Gasteiger partial charge in [0.2, 0.25) is 5.89 Å². The van der Waals surface area contributed by atoms with Crippen molar-refractivity contribution in [1.29, 1.82) is 0 Å². The second kappa shape index (κ2) is 6.71. The number of halogens is 2. The number of rotatable bonds is 5. The van der Waals surface area contributed by atoms with Crippen LogP contribution in [0.5, 0.6) is 0 Å². The summed E-state index contributed by atoms with van der Waals surface area (Å²) in [5.74, 6) is 1.68. The lowest BCUT2D eigenvalue weighted by Gasteiger charge is -2.18. The van der Waals surface area contributed by atoms with Crippen molar-refractivity contribution in [3.8, 4) is 11.5 Å². The number of nitrogens with zero attached hydrogens (tertiary/aromatic N) is 3. The molecule has 2 aromatic rings. The highest BCUT2D eigenvalue weighted by atomic mass is 35.5. The SMILES string of the molecule is CCCC1=NCCN1Cc1coc(-c2ccc(Cl)cc2Cl)n1. The van der Waals surface area contributed by atoms with E-state index in [4.69, 9.17) is 27.6 Å². The molecule has 22 heavy (non-hydrogen) atoms. The van der Waals surface area contributed by atoms with E-state index in [0.29, 0.717) is 22.5 Å². The topological polar surface area (TPSA) is 41.6 Å². The van der Waals surface area contributed by atoms with Crippen LogP contribution in [0.2, 0.25) is 10.0 Å². The van der Waals surface area contributed by atoms with Gasteiger partial charge in [0.15, 0.2) is 0 Å². The summed E-state index contributed by atoms with van der Waals surface area (Å²) in [5, 5.41) is 1.13. The Morgan fingerprint density at radius 2 is 2.18 bits per heavy atom. The van der Waals surface area contributed by atoms with Crippen LogP contribution in [0.15, 0.2) is 33.9 Å². The molecule has 1 aromatic heterocycles. The highest BCUT2D eigenvalue weighted by molar-refractivity contribution is 6.36. The zero-order valence-electron chi connectivity index (χ0n) is 12.4. The highest BCUT2D eigenvalue weighted by Gasteiger charge is 2.18. The van der Waals surface area contributed by atoms with Gasteiger partial charge in [0, 0.05) is 18.0 Å². The van der Waals surface area contributed by atoms with Gasteiger partial charge >= 0.3 is 0 Å². The van der Waals surface area contributed by atoms with E-state index in [2.05, 4.69) is 21.8 Å². The van der Waals surface area contributed by atoms with E-state index in [1.54, 1.807) is 18.4 Å². The molecule has 0 unspecified atom stereocenters. The van der Waals surface area contributed by atoms with Crippen LogP contribution >= 0.6 is 23.2 Å². The van der Waals surface area contributed by atoms with Crippen molar-refractivity contribution in [2.45, 2.75) is 26.3 Å². The Kier molecular flexibility index (Phi) is 4.69. The lowest BCUT2D eigenvalue weighted by atomic mass is 10.2. The highest BCUT2D eigenvalue weighted by Crippen LogP contribution is 2.30. The third-order valence-electron chi connectivity index (χ3n) is 3.57. The summed E-state index contributed by atoms with van der Waals surface area (Å²) in [7, 11) is 0. The molecule has 1 aliphatic rings. The molecule has 0 bridgehead atoms. The third kappa shape index (κ3) is 3.28. The predicted octanol–water partition coefficient (Wildman–Crippen LogP) is 4.66. The molecule has 0 aliphatic carbocycles. The van der Waals surface area contributed by atoms with Crippen molar-refractivity contribution in [3.05, 3.63) is 40.2 Å². The maximum atomic E-state index is 6.19. The van der Waals surface area contributed by atoms with Crippen LogP contribution in [0.4, 0.5) is 0 Å². The molecule has 6 heteroatoms. The van der Waals surface area contributed by atoms with E-state index in [1.807, 2.05) is 6.07 Å². The first-order valence-corrected chi connectivity index (χ1v) is 8.11. The van der Waals surface area contributed by atoms with Crippen molar-refractivity contribution < 1.29 is 4.42 Å². The molecule has 1 aromatic carbocycles. The Bertz CT molecular complexity index is 696. The van der Waals surface area contributed by atoms with Crippen LogP contribution in [0.25, 0.3) is 11.5 Å². The van der Waals surface area contributed by atoms with Gasteiger partial charge in [-0.1, -0.05) is 30.1 Å². The van der Waals surface area contributed by atoms with Gasteiger partial charge in [-0.3, -0.25) is 4.99 Å². The predicted molar refractivity (Wildman–Crippen MR) is 89.6 cm³/mol. The minimum Gasteiger partial charge on any atom is -0.444 e. The van der Waals surface area contributed by atoms with E-state index < -0.39 is 0 Å². The average Bonchev–Trinajstić information content (AvgIpc) is 3.10. The third-order valence-corrected chi connectivity index (χ3v) is 4.12. The van der Waals surface area contributed by atoms with Crippen LogP contribution in [0.3, 0.4) is 0 Å². The minimum absolute atomic E-state index is 0.518. The molecule has 0 amide bonds. The minimum atomic E-state index is 0.518. The van der Waals surface area contributed by atoms with Crippen LogP contribution < -0.4 is 0 Å². The Labute approximate surface area is 139 Å². The van der Waals surface area contributed by atoms with E-state index in [1.165, 1.54) is 0 Å². The first kappa shape index (κ1) is 15.4. The van der Waals surface area contributed by atoms with E-state index in [0.717, 1.165) is 43.0 Å². The lowest BCUT2D eigenvalue weighted by molar-refractivity contribution is 0.435. The van der Waals surface area contributed by atoms with Crippen molar-refractivity contribution >= 4 is 29.0 Å². The monoisotopic (exact) mass is 337 g/mol. The first-order chi connectivity index (χ1) is 10.7. The summed E-state index contributed by atoms with van der Waals surface area (Å²) in [4.78, 5) is 11.3. The summed E-state index contributed by atoms with van der Waals surface area (Å²) in [6, 6.07) is 5.29. The van der Waals surface area contributed by atoms with Crippen molar-refractivity contribution in [2.24, 2.45) is 4.99 Å². The molecule has 0 atom stereocenters. The molecule has 0 spiro atoms. The largest absolute Gasteiger partial charge is 0.444 e. The van der Waals surface area contributed by atoms with Crippen molar-refractivity contribution in [3.63, 3.8) is 0 Å². The van der Waals surface area contributed by atoms with Gasteiger partial charge < -0.3 is 9.32 Å². The Hall–Kier alpha value is -1.52. The van der Waals surface area contributed by atoms with Gasteiger partial charge in [-0.15, -0.1) is 0 Å². The van der Waals surface area contributed by atoms with Gasteiger partial charge in [-0.25, -0.2) is 4.98 Å². The smallest absolute Gasteiger partial charge is 0.227 e. The lowest BCUT2D eigenvalue weighted by Crippen LogP contribution is -2.27. The molecule has 3 rings (SSSR count). The maximum absolute atomic E-state index is 6.19.